The van der Waals surface area contributed by atoms with Gasteiger partial charge < -0.3 is 14.9 Å². The maximum Gasteiger partial charge on any atom is 0.573 e. The van der Waals surface area contributed by atoms with Crippen LogP contribution in [-0.4, -0.2) is 28.4 Å². The third-order valence-corrected chi connectivity index (χ3v) is 2.19. The highest BCUT2D eigenvalue weighted by Crippen LogP contribution is 2.23. The van der Waals surface area contributed by atoms with Gasteiger partial charge in [0, 0.05) is 5.56 Å². The van der Waals surface area contributed by atoms with E-state index in [0.29, 0.717) is 0 Å². The van der Waals surface area contributed by atoms with E-state index in [1.165, 1.54) is 12.1 Å². The molecule has 1 heterocycles. The Morgan fingerprint density at radius 1 is 1.27 bits per heavy atom. The van der Waals surface area contributed by atoms with Gasteiger partial charge in [-0.3, -0.25) is 14.9 Å². The first-order valence-electron chi connectivity index (χ1n) is 5.55. The number of halogens is 3. The van der Waals surface area contributed by atoms with Crippen molar-refractivity contribution in [3.8, 4) is 5.75 Å². The van der Waals surface area contributed by atoms with E-state index in [4.69, 9.17) is 10.2 Å². The Hall–Kier alpha value is -3.11. The van der Waals surface area contributed by atoms with Crippen molar-refractivity contribution in [2.75, 3.05) is 5.32 Å². The van der Waals surface area contributed by atoms with Crippen LogP contribution in [0.25, 0.3) is 0 Å². The number of alkyl halides is 3. The van der Waals surface area contributed by atoms with Crippen molar-refractivity contribution in [1.82, 2.24) is 10.2 Å². The Labute approximate surface area is 120 Å². The molecule has 0 unspecified atom stereocenters. The van der Waals surface area contributed by atoms with Gasteiger partial charge in [0.2, 0.25) is 0 Å². The first-order chi connectivity index (χ1) is 10.2. The van der Waals surface area contributed by atoms with Gasteiger partial charge in [0.25, 0.3) is 5.91 Å². The summed E-state index contributed by atoms with van der Waals surface area (Å²) in [5, 5.41) is 8.67. The highest BCUT2D eigenvalue weighted by atomic mass is 19.4. The molecular formula is C11H7F3N4O4. The molecule has 0 aliphatic carbocycles. The molecule has 0 saturated carbocycles. The maximum atomic E-state index is 12.1. The number of hydrogen-bond acceptors (Lipinski definition) is 6. The molecule has 8 nitrogen and oxygen atoms in total. The highest BCUT2D eigenvalue weighted by Gasteiger charge is 2.31. The molecule has 11 heteroatoms. The fraction of sp³-hybridized carbons (Fsp3) is 0.0909. The monoisotopic (exact) mass is 316 g/mol. The van der Waals surface area contributed by atoms with Gasteiger partial charge in [-0.15, -0.1) is 18.3 Å². The minimum atomic E-state index is -4.88. The van der Waals surface area contributed by atoms with Crippen molar-refractivity contribution in [1.29, 1.82) is 0 Å². The number of benzene rings is 1. The Morgan fingerprint density at radius 3 is 2.59 bits per heavy atom. The molecule has 2 rings (SSSR count). The number of nitrogens with one attached hydrogen (secondary N) is 1. The normalized spacial score (nSPS) is 11.0. The number of nitrogens with two attached hydrogens (primary N) is 1. The van der Waals surface area contributed by atoms with E-state index in [0.717, 1.165) is 12.1 Å². The van der Waals surface area contributed by atoms with Crippen LogP contribution in [0.5, 0.6) is 5.75 Å². The summed E-state index contributed by atoms with van der Waals surface area (Å²) in [5.41, 5.74) is 4.72. The number of aromatic nitrogens is 2. The number of carbonyl (C=O) groups is 2. The number of anilines is 1. The number of ether oxygens (including phenoxy) is 1. The topological polar surface area (TPSA) is 120 Å². The van der Waals surface area contributed by atoms with Crippen molar-refractivity contribution in [2.45, 2.75) is 6.36 Å². The summed E-state index contributed by atoms with van der Waals surface area (Å²) in [7, 11) is 0. The summed E-state index contributed by atoms with van der Waals surface area (Å²) >= 11 is 0. The van der Waals surface area contributed by atoms with E-state index in [2.05, 4.69) is 20.3 Å². The summed E-state index contributed by atoms with van der Waals surface area (Å²) in [6, 6.07) is 3.90. The van der Waals surface area contributed by atoms with E-state index in [9.17, 15) is 22.8 Å². The van der Waals surface area contributed by atoms with Gasteiger partial charge in [-0.25, -0.2) is 0 Å². The van der Waals surface area contributed by atoms with Crippen LogP contribution in [0, 0.1) is 0 Å². The van der Waals surface area contributed by atoms with Gasteiger partial charge in [-0.1, -0.05) is 11.2 Å². The average Bonchev–Trinajstić information content (AvgIpc) is 2.85. The van der Waals surface area contributed by atoms with Gasteiger partial charge >= 0.3 is 24.2 Å². The molecule has 116 valence electrons. The molecule has 0 radical (unpaired) electrons. The summed E-state index contributed by atoms with van der Waals surface area (Å²) in [6.07, 6.45) is -4.88. The molecule has 3 N–H and O–H groups in total. The second-order valence-electron chi connectivity index (χ2n) is 3.81. The van der Waals surface area contributed by atoms with Crippen LogP contribution in [0.3, 0.4) is 0 Å². The van der Waals surface area contributed by atoms with Crippen LogP contribution in [-0.2, 0) is 0 Å². The lowest BCUT2D eigenvalue weighted by Crippen LogP contribution is -2.18. The third-order valence-electron chi connectivity index (χ3n) is 2.19. The molecule has 1 aromatic carbocycles. The van der Waals surface area contributed by atoms with Crippen molar-refractivity contribution in [3.05, 3.63) is 35.7 Å². The predicted molar refractivity (Wildman–Crippen MR) is 63.9 cm³/mol. The number of nitrogens with zero attached hydrogens (tertiary/aromatic N) is 2. The Kier molecular flexibility index (Phi) is 3.97. The quantitative estimate of drug-likeness (QED) is 0.877. The van der Waals surface area contributed by atoms with Crippen LogP contribution in [0.1, 0.15) is 21.0 Å². The van der Waals surface area contributed by atoms with Crippen molar-refractivity contribution in [2.24, 2.45) is 5.73 Å². The summed E-state index contributed by atoms with van der Waals surface area (Å²) in [4.78, 5) is 22.6. The molecule has 1 aromatic heterocycles. The second kappa shape index (κ2) is 5.71. The van der Waals surface area contributed by atoms with E-state index in [1.54, 1.807) is 0 Å². The van der Waals surface area contributed by atoms with Crippen LogP contribution in [0.2, 0.25) is 0 Å². The fourth-order valence-electron chi connectivity index (χ4n) is 1.38. The zero-order valence-corrected chi connectivity index (χ0v) is 10.5. The average molecular weight is 316 g/mol. The molecular weight excluding hydrogens is 309 g/mol. The minimum Gasteiger partial charge on any atom is -0.406 e. The van der Waals surface area contributed by atoms with Crippen molar-refractivity contribution in [3.63, 3.8) is 0 Å². The summed E-state index contributed by atoms with van der Waals surface area (Å²) in [6.45, 7) is 0. The van der Waals surface area contributed by atoms with E-state index in [1.807, 2.05) is 0 Å². The Balaban J connectivity index is 2.12. The lowest BCUT2D eigenvalue weighted by atomic mass is 10.2. The first-order valence-corrected chi connectivity index (χ1v) is 5.55. The van der Waals surface area contributed by atoms with Crippen LogP contribution in [0.15, 0.2) is 28.7 Å². The van der Waals surface area contributed by atoms with Gasteiger partial charge in [-0.2, -0.15) is 0 Å². The molecule has 2 amide bonds. The lowest BCUT2D eigenvalue weighted by Gasteiger charge is -2.09. The fourth-order valence-corrected chi connectivity index (χ4v) is 1.38. The van der Waals surface area contributed by atoms with Gasteiger partial charge in [-0.05, 0) is 18.2 Å². The standard InChI is InChI=1S/C11H7F3N4O4/c12-11(13,14)22-6-3-1-2-5(4-6)8(20)16-10-18-17-9(21-10)7(15)19/h1-4H,(H2,15,19)(H,16,18,20). The largest absolute Gasteiger partial charge is 0.573 e. The molecule has 0 fully saturated rings. The second-order valence-corrected chi connectivity index (χ2v) is 3.81. The van der Waals surface area contributed by atoms with E-state index < -0.39 is 35.8 Å². The van der Waals surface area contributed by atoms with Gasteiger partial charge in [0.05, 0.1) is 0 Å². The zero-order chi connectivity index (χ0) is 16.3. The number of carbonyl (C=O) groups excluding carboxylic acids is 2. The molecule has 0 bridgehead atoms. The van der Waals surface area contributed by atoms with Crippen molar-refractivity contribution >= 4 is 17.8 Å². The molecule has 2 aromatic rings. The summed E-state index contributed by atoms with van der Waals surface area (Å²) < 4.78 is 44.7. The Morgan fingerprint density at radius 2 is 2.00 bits per heavy atom. The third kappa shape index (κ3) is 3.94. The zero-order valence-electron chi connectivity index (χ0n) is 10.5. The first kappa shape index (κ1) is 15.3. The number of primary amides is 1. The van der Waals surface area contributed by atoms with Gasteiger partial charge in [0.1, 0.15) is 5.75 Å². The smallest absolute Gasteiger partial charge is 0.406 e. The molecule has 0 aliphatic heterocycles. The summed E-state index contributed by atoms with van der Waals surface area (Å²) in [5.74, 6) is -2.92. The van der Waals surface area contributed by atoms with E-state index in [-0.39, 0.29) is 5.56 Å². The Bertz CT molecular complexity index is 713. The number of rotatable bonds is 4. The number of amides is 2. The SMILES string of the molecule is NC(=O)c1nnc(NC(=O)c2cccc(OC(F)(F)F)c2)o1. The molecule has 0 spiro atoms. The predicted octanol–water partition coefficient (Wildman–Crippen LogP) is 1.32. The molecule has 22 heavy (non-hydrogen) atoms. The molecule has 0 aliphatic rings. The van der Waals surface area contributed by atoms with E-state index >= 15 is 0 Å². The molecule has 0 atom stereocenters. The van der Waals surface area contributed by atoms with Crippen LogP contribution in [0.4, 0.5) is 19.2 Å². The van der Waals surface area contributed by atoms with Crippen LogP contribution >= 0.6 is 0 Å². The van der Waals surface area contributed by atoms with Gasteiger partial charge in [0.15, 0.2) is 0 Å². The number of hydrogen-bond donors (Lipinski definition) is 2. The highest BCUT2D eigenvalue weighted by molar-refractivity contribution is 6.03. The molecule has 0 saturated heterocycles. The van der Waals surface area contributed by atoms with Crippen LogP contribution < -0.4 is 15.8 Å². The minimum absolute atomic E-state index is 0.152. The maximum absolute atomic E-state index is 12.1. The lowest BCUT2D eigenvalue weighted by molar-refractivity contribution is -0.274. The van der Waals surface area contributed by atoms with Crippen molar-refractivity contribution < 1.29 is 31.9 Å².